The number of aromatic amines is 1. The third kappa shape index (κ3) is 4.49. The second-order valence-corrected chi connectivity index (χ2v) is 6.82. The van der Waals surface area contributed by atoms with E-state index < -0.39 is 11.7 Å². The minimum absolute atomic E-state index is 0.0341. The van der Waals surface area contributed by atoms with Gasteiger partial charge in [0.25, 0.3) is 11.8 Å². The summed E-state index contributed by atoms with van der Waals surface area (Å²) < 4.78 is 11.7. The molecule has 33 heavy (non-hydrogen) atoms. The van der Waals surface area contributed by atoms with Crippen LogP contribution in [-0.2, 0) is 0 Å². The number of aromatic nitrogens is 6. The maximum atomic E-state index is 12.6. The number of ether oxygens (including phenoxy) is 2. The van der Waals surface area contributed by atoms with Crippen LogP contribution in [0.3, 0.4) is 0 Å². The van der Waals surface area contributed by atoms with E-state index in [0.717, 1.165) is 4.68 Å². The third-order valence-corrected chi connectivity index (χ3v) is 4.74. The molecule has 3 heterocycles. The second kappa shape index (κ2) is 9.18. The molecule has 0 amide bonds. The average molecular weight is 447 g/mol. The molecule has 0 radical (unpaired) electrons. The maximum Gasteiger partial charge on any atom is 0.350 e. The van der Waals surface area contributed by atoms with E-state index in [1.165, 1.54) is 26.6 Å². The molecule has 0 aliphatic rings. The summed E-state index contributed by atoms with van der Waals surface area (Å²) in [6.07, 6.45) is 4.64. The molecule has 0 aliphatic carbocycles. The molecule has 12 nitrogen and oxygen atoms in total. The molecule has 0 saturated heterocycles. The molecule has 0 spiro atoms. The minimum atomic E-state index is -0.627. The molecule has 0 aliphatic heterocycles. The Bertz CT molecular complexity index is 1320. The van der Waals surface area contributed by atoms with Crippen molar-refractivity contribution in [1.29, 1.82) is 5.41 Å². The van der Waals surface area contributed by atoms with Gasteiger partial charge >= 0.3 is 5.69 Å². The number of rotatable bonds is 8. The summed E-state index contributed by atoms with van der Waals surface area (Å²) in [7, 11) is 3.01. The van der Waals surface area contributed by atoms with Crippen molar-refractivity contribution in [3.8, 4) is 17.6 Å². The van der Waals surface area contributed by atoms with Crippen LogP contribution in [0.25, 0.3) is 5.95 Å². The fourth-order valence-electron chi connectivity index (χ4n) is 3.13. The van der Waals surface area contributed by atoms with Gasteiger partial charge in [0.05, 0.1) is 14.2 Å². The van der Waals surface area contributed by atoms with Crippen LogP contribution in [0, 0.1) is 5.41 Å². The molecule has 0 fully saturated rings. The lowest BCUT2D eigenvalue weighted by Crippen LogP contribution is -2.18. The Labute approximate surface area is 188 Å². The van der Waals surface area contributed by atoms with Crippen LogP contribution in [0.2, 0.25) is 0 Å². The number of methoxy groups -OCH3 is 2. The van der Waals surface area contributed by atoms with Gasteiger partial charge in [-0.1, -0.05) is 0 Å². The Hall–Kier alpha value is -4.74. The number of hydrogen-bond donors (Lipinski definition) is 4. The van der Waals surface area contributed by atoms with Crippen LogP contribution >= 0.6 is 0 Å². The predicted molar refractivity (Wildman–Crippen MR) is 120 cm³/mol. The summed E-state index contributed by atoms with van der Waals surface area (Å²) in [4.78, 5) is 27.8. The minimum Gasteiger partial charge on any atom is -0.491 e. The average Bonchev–Trinajstić information content (AvgIpc) is 3.24. The normalized spacial score (nSPS) is 11.6. The van der Waals surface area contributed by atoms with Gasteiger partial charge < -0.3 is 20.5 Å². The van der Waals surface area contributed by atoms with Crippen LogP contribution in [0.15, 0.2) is 59.8 Å². The van der Waals surface area contributed by atoms with Crippen LogP contribution in [-0.4, -0.2) is 49.8 Å². The van der Waals surface area contributed by atoms with Crippen molar-refractivity contribution < 1.29 is 9.47 Å². The standard InChI is InChI=1S/C21H21N9O3/c1-32-15-10-13(11-26-19(15)33-2)16(27-14-6-4-12(5-7-14)17(22)23)18-28-21(31)30(29-18)20-24-8-3-9-25-20/h3-11,16,27H,1-2H3,(H3,22,23)(H,28,29,31)/t16-/m0/s1. The molecule has 12 heteroatoms. The lowest BCUT2D eigenvalue weighted by atomic mass is 10.1. The van der Waals surface area contributed by atoms with Gasteiger partial charge in [0.15, 0.2) is 11.6 Å². The Balaban J connectivity index is 1.78. The fraction of sp³-hybridized carbons (Fsp3) is 0.143. The van der Waals surface area contributed by atoms with Crippen molar-refractivity contribution in [2.45, 2.75) is 6.04 Å². The van der Waals surface area contributed by atoms with Crippen LogP contribution < -0.4 is 26.2 Å². The molecular weight excluding hydrogens is 426 g/mol. The molecule has 0 saturated carbocycles. The van der Waals surface area contributed by atoms with Gasteiger partial charge in [0, 0.05) is 35.4 Å². The van der Waals surface area contributed by atoms with E-state index >= 15 is 0 Å². The highest BCUT2D eigenvalue weighted by Gasteiger charge is 2.23. The zero-order valence-corrected chi connectivity index (χ0v) is 17.8. The summed E-state index contributed by atoms with van der Waals surface area (Å²) >= 11 is 0. The summed E-state index contributed by atoms with van der Waals surface area (Å²) in [5.41, 5.74) is 6.99. The number of H-pyrrole nitrogens is 1. The largest absolute Gasteiger partial charge is 0.491 e. The molecule has 168 valence electrons. The SMILES string of the molecule is COc1cc([C@H](Nc2ccc(C(=N)N)cc2)c2nn(-c3ncccn3)c(=O)[nH]2)cnc1OC. The van der Waals surface area contributed by atoms with Crippen LogP contribution in [0.5, 0.6) is 11.6 Å². The number of benzene rings is 1. The third-order valence-electron chi connectivity index (χ3n) is 4.74. The molecule has 5 N–H and O–H groups in total. The molecule has 3 aromatic heterocycles. The first-order valence-electron chi connectivity index (χ1n) is 9.75. The van der Waals surface area contributed by atoms with Gasteiger partial charge in [-0.3, -0.25) is 10.4 Å². The van der Waals surface area contributed by atoms with Gasteiger partial charge in [-0.25, -0.2) is 19.7 Å². The number of pyridine rings is 1. The quantitative estimate of drug-likeness (QED) is 0.229. The van der Waals surface area contributed by atoms with E-state index in [1.54, 1.807) is 42.6 Å². The predicted octanol–water partition coefficient (Wildman–Crippen LogP) is 1.25. The van der Waals surface area contributed by atoms with Gasteiger partial charge in [-0.05, 0) is 36.4 Å². The molecule has 0 bridgehead atoms. The first-order chi connectivity index (χ1) is 16.0. The zero-order valence-electron chi connectivity index (χ0n) is 17.8. The Morgan fingerprint density at radius 2 is 1.88 bits per heavy atom. The van der Waals surface area contributed by atoms with Crippen molar-refractivity contribution in [2.24, 2.45) is 5.73 Å². The van der Waals surface area contributed by atoms with Gasteiger partial charge in [0.1, 0.15) is 11.9 Å². The Morgan fingerprint density at radius 1 is 1.15 bits per heavy atom. The second-order valence-electron chi connectivity index (χ2n) is 6.82. The first-order valence-corrected chi connectivity index (χ1v) is 9.75. The summed E-state index contributed by atoms with van der Waals surface area (Å²) in [6.45, 7) is 0. The van der Waals surface area contributed by atoms with Crippen molar-refractivity contribution in [3.05, 3.63) is 82.4 Å². The molecule has 1 aromatic carbocycles. The number of nitrogen functional groups attached to an aromatic ring is 1. The van der Waals surface area contributed by atoms with Crippen molar-refractivity contribution in [3.63, 3.8) is 0 Å². The van der Waals surface area contributed by atoms with Gasteiger partial charge in [0.2, 0.25) is 0 Å². The number of hydrogen-bond acceptors (Lipinski definition) is 9. The van der Waals surface area contributed by atoms with E-state index in [2.05, 4.69) is 30.4 Å². The molecule has 0 unspecified atom stereocenters. The summed E-state index contributed by atoms with van der Waals surface area (Å²) in [6, 6.07) is 9.73. The number of nitrogens with one attached hydrogen (secondary N) is 3. The summed E-state index contributed by atoms with van der Waals surface area (Å²) in [5.74, 6) is 1.15. The van der Waals surface area contributed by atoms with Crippen molar-refractivity contribution >= 4 is 11.5 Å². The number of nitrogens with zero attached hydrogens (tertiary/aromatic N) is 5. The van der Waals surface area contributed by atoms with Crippen LogP contribution in [0.4, 0.5) is 5.69 Å². The fourth-order valence-corrected chi connectivity index (χ4v) is 3.13. The smallest absolute Gasteiger partial charge is 0.350 e. The van der Waals surface area contributed by atoms with E-state index in [9.17, 15) is 4.79 Å². The first kappa shape index (κ1) is 21.5. The Kier molecular flexibility index (Phi) is 5.98. The highest BCUT2D eigenvalue weighted by molar-refractivity contribution is 5.95. The van der Waals surface area contributed by atoms with E-state index in [-0.39, 0.29) is 11.8 Å². The monoisotopic (exact) mass is 447 g/mol. The van der Waals surface area contributed by atoms with Crippen molar-refractivity contribution in [1.82, 2.24) is 29.7 Å². The van der Waals surface area contributed by atoms with E-state index in [1.807, 2.05) is 0 Å². The number of amidine groups is 1. The lowest BCUT2D eigenvalue weighted by molar-refractivity contribution is 0.342. The van der Waals surface area contributed by atoms with E-state index in [4.69, 9.17) is 20.6 Å². The zero-order chi connectivity index (χ0) is 23.4. The van der Waals surface area contributed by atoms with Crippen LogP contribution in [0.1, 0.15) is 23.0 Å². The van der Waals surface area contributed by atoms with E-state index in [0.29, 0.717) is 34.3 Å². The highest BCUT2D eigenvalue weighted by atomic mass is 16.5. The molecule has 4 rings (SSSR count). The molecular formula is C21H21N9O3. The number of nitrogens with two attached hydrogens (primary N) is 1. The highest BCUT2D eigenvalue weighted by Crippen LogP contribution is 2.31. The Morgan fingerprint density at radius 3 is 2.52 bits per heavy atom. The molecule has 1 atom stereocenters. The topological polar surface area (TPSA) is 170 Å². The molecule has 4 aromatic rings. The number of anilines is 1. The maximum absolute atomic E-state index is 12.6. The van der Waals surface area contributed by atoms with Gasteiger partial charge in [-0.15, -0.1) is 9.78 Å². The van der Waals surface area contributed by atoms with Crippen molar-refractivity contribution in [2.75, 3.05) is 19.5 Å². The lowest BCUT2D eigenvalue weighted by Gasteiger charge is -2.19. The van der Waals surface area contributed by atoms with Gasteiger partial charge in [-0.2, -0.15) is 0 Å². The summed E-state index contributed by atoms with van der Waals surface area (Å²) in [5, 5.41) is 15.3.